The van der Waals surface area contributed by atoms with Gasteiger partial charge in [-0.25, -0.2) is 8.78 Å². The highest BCUT2D eigenvalue weighted by Gasteiger charge is 2.10. The molecule has 6 nitrogen and oxygen atoms in total. The van der Waals surface area contributed by atoms with E-state index in [4.69, 9.17) is 21.5 Å². The maximum atomic E-state index is 13.2. The molecule has 140 valence electrons. The molecule has 0 spiro atoms. The van der Waals surface area contributed by atoms with Crippen molar-refractivity contribution in [2.45, 2.75) is 13.5 Å². The Hall–Kier alpha value is -3.07. The zero-order chi connectivity index (χ0) is 19.2. The van der Waals surface area contributed by atoms with Crippen LogP contribution < -0.4 is 15.4 Å². The second-order valence-electron chi connectivity index (χ2n) is 5.41. The van der Waals surface area contributed by atoms with Gasteiger partial charge >= 0.3 is 0 Å². The van der Waals surface area contributed by atoms with E-state index in [1.165, 1.54) is 6.07 Å². The summed E-state index contributed by atoms with van der Waals surface area (Å²) in [6, 6.07) is 10.7. The Morgan fingerprint density at radius 1 is 1.15 bits per heavy atom. The van der Waals surface area contributed by atoms with Crippen LogP contribution in [0.5, 0.6) is 5.75 Å². The zero-order valence-electron chi connectivity index (χ0n) is 14.3. The smallest absolute Gasteiger partial charge is 0.246 e. The molecule has 0 amide bonds. The largest absolute Gasteiger partial charge is 0.494 e. The third-order valence-corrected chi connectivity index (χ3v) is 3.72. The Bertz CT molecular complexity index is 931. The highest BCUT2D eigenvalue weighted by molar-refractivity contribution is 7.80. The van der Waals surface area contributed by atoms with E-state index >= 15 is 0 Å². The first-order valence-corrected chi connectivity index (χ1v) is 8.51. The van der Waals surface area contributed by atoms with E-state index in [9.17, 15) is 8.78 Å². The summed E-state index contributed by atoms with van der Waals surface area (Å²) in [4.78, 5) is 4.28. The molecule has 0 bridgehead atoms. The lowest BCUT2D eigenvalue weighted by Gasteiger charge is -2.08. The fourth-order valence-corrected chi connectivity index (χ4v) is 2.41. The first-order valence-electron chi connectivity index (χ1n) is 8.11. The van der Waals surface area contributed by atoms with Crippen LogP contribution in [0.1, 0.15) is 12.8 Å². The van der Waals surface area contributed by atoms with Gasteiger partial charge in [-0.05, 0) is 55.5 Å². The van der Waals surface area contributed by atoms with Crippen molar-refractivity contribution in [1.82, 2.24) is 15.5 Å². The molecule has 0 aliphatic rings. The quantitative estimate of drug-likeness (QED) is 0.619. The summed E-state index contributed by atoms with van der Waals surface area (Å²) in [6.45, 7) is 2.69. The second-order valence-corrected chi connectivity index (χ2v) is 5.81. The number of halogens is 2. The van der Waals surface area contributed by atoms with Gasteiger partial charge in [0.15, 0.2) is 16.7 Å². The van der Waals surface area contributed by atoms with Crippen LogP contribution in [-0.4, -0.2) is 21.9 Å². The number of ether oxygens (including phenoxy) is 1. The topological polar surface area (TPSA) is 72.2 Å². The molecular weight excluding hydrogens is 374 g/mol. The molecule has 0 atom stereocenters. The molecule has 2 N–H and O–H groups in total. The van der Waals surface area contributed by atoms with Crippen LogP contribution in [0, 0.1) is 11.6 Å². The van der Waals surface area contributed by atoms with E-state index in [1.54, 1.807) is 0 Å². The number of rotatable bonds is 6. The number of thiocarbonyl (C=S) groups is 1. The van der Waals surface area contributed by atoms with Crippen molar-refractivity contribution in [2.24, 2.45) is 0 Å². The number of nitrogens with zero attached hydrogens (tertiary/aromatic N) is 2. The van der Waals surface area contributed by atoms with Gasteiger partial charge in [0, 0.05) is 17.3 Å². The highest BCUT2D eigenvalue weighted by Crippen LogP contribution is 2.20. The number of nitrogens with one attached hydrogen (secondary N) is 2. The van der Waals surface area contributed by atoms with Crippen LogP contribution in [0.15, 0.2) is 47.0 Å². The Kier molecular flexibility index (Phi) is 5.92. The molecule has 0 saturated carbocycles. The molecule has 0 aliphatic carbocycles. The minimum Gasteiger partial charge on any atom is -0.494 e. The first-order chi connectivity index (χ1) is 13.0. The first kappa shape index (κ1) is 18.7. The fraction of sp³-hybridized carbons (Fsp3) is 0.167. The van der Waals surface area contributed by atoms with Crippen molar-refractivity contribution < 1.29 is 18.0 Å². The molecule has 0 saturated heterocycles. The highest BCUT2D eigenvalue weighted by atomic mass is 32.1. The molecule has 0 fully saturated rings. The Labute approximate surface area is 159 Å². The summed E-state index contributed by atoms with van der Waals surface area (Å²) in [5.74, 6) is -0.352. The van der Waals surface area contributed by atoms with Crippen molar-refractivity contribution in [2.75, 3.05) is 11.9 Å². The predicted molar refractivity (Wildman–Crippen MR) is 100 cm³/mol. The molecule has 3 aromatic rings. The van der Waals surface area contributed by atoms with E-state index in [2.05, 4.69) is 20.8 Å². The van der Waals surface area contributed by atoms with Crippen LogP contribution in [0.2, 0.25) is 0 Å². The van der Waals surface area contributed by atoms with Gasteiger partial charge in [0.1, 0.15) is 5.75 Å². The molecular formula is C18H16F2N4O2S. The maximum absolute atomic E-state index is 13.2. The summed E-state index contributed by atoms with van der Waals surface area (Å²) in [5, 5.41) is 9.74. The van der Waals surface area contributed by atoms with Gasteiger partial charge in [0.25, 0.3) is 0 Å². The second kappa shape index (κ2) is 8.54. The number of anilines is 1. The number of hydrogen-bond donors (Lipinski definition) is 2. The lowest BCUT2D eigenvalue weighted by molar-refractivity contribution is 0.340. The fourth-order valence-electron chi connectivity index (χ4n) is 2.22. The molecule has 27 heavy (non-hydrogen) atoms. The normalized spacial score (nSPS) is 10.5. The van der Waals surface area contributed by atoms with Gasteiger partial charge in [0.2, 0.25) is 11.7 Å². The molecule has 1 heterocycles. The van der Waals surface area contributed by atoms with Gasteiger partial charge in [-0.15, -0.1) is 0 Å². The van der Waals surface area contributed by atoms with Crippen molar-refractivity contribution in [3.05, 3.63) is 60.0 Å². The third-order valence-electron chi connectivity index (χ3n) is 3.47. The van der Waals surface area contributed by atoms with Gasteiger partial charge in [-0.2, -0.15) is 4.98 Å². The van der Waals surface area contributed by atoms with Crippen LogP contribution in [0.25, 0.3) is 11.4 Å². The molecule has 0 aliphatic heterocycles. The van der Waals surface area contributed by atoms with E-state index in [1.807, 2.05) is 31.2 Å². The van der Waals surface area contributed by atoms with E-state index in [0.29, 0.717) is 24.0 Å². The minimum atomic E-state index is -0.959. The summed E-state index contributed by atoms with van der Waals surface area (Å²) in [7, 11) is 0. The summed E-state index contributed by atoms with van der Waals surface area (Å²) < 4.78 is 36.7. The summed E-state index contributed by atoms with van der Waals surface area (Å²) in [5.41, 5.74) is 1.11. The Balaban J connectivity index is 1.55. The van der Waals surface area contributed by atoms with Gasteiger partial charge in [-0.1, -0.05) is 5.16 Å². The maximum Gasteiger partial charge on any atom is 0.246 e. The average molecular weight is 390 g/mol. The molecule has 0 radical (unpaired) electrons. The predicted octanol–water partition coefficient (Wildman–Crippen LogP) is 3.90. The molecule has 2 aromatic carbocycles. The van der Waals surface area contributed by atoms with Gasteiger partial charge in [-0.3, -0.25) is 0 Å². The number of hydrogen-bond acceptors (Lipinski definition) is 5. The number of aromatic nitrogens is 2. The Morgan fingerprint density at radius 2 is 1.93 bits per heavy atom. The van der Waals surface area contributed by atoms with E-state index < -0.39 is 11.6 Å². The monoisotopic (exact) mass is 390 g/mol. The SMILES string of the molecule is CCOc1ccc(-c2noc(CNC(=S)Nc3ccc(F)c(F)c3)n2)cc1. The summed E-state index contributed by atoms with van der Waals surface area (Å²) in [6.07, 6.45) is 0. The lowest BCUT2D eigenvalue weighted by Crippen LogP contribution is -2.28. The third kappa shape index (κ3) is 4.98. The van der Waals surface area contributed by atoms with Gasteiger partial charge < -0.3 is 19.9 Å². The standard InChI is InChI=1S/C18H16F2N4O2S/c1-2-25-13-6-3-11(4-7-13)17-23-16(26-24-17)10-21-18(27)22-12-5-8-14(19)15(20)9-12/h3-9H,2,10H2,1H3,(H2,21,22,27). The van der Waals surface area contributed by atoms with Crippen LogP contribution in [0.4, 0.5) is 14.5 Å². The minimum absolute atomic E-state index is 0.180. The zero-order valence-corrected chi connectivity index (χ0v) is 15.1. The number of benzene rings is 2. The Morgan fingerprint density at radius 3 is 2.63 bits per heavy atom. The average Bonchev–Trinajstić information content (AvgIpc) is 3.13. The van der Waals surface area contributed by atoms with Crippen molar-refractivity contribution in [3.63, 3.8) is 0 Å². The molecule has 3 rings (SSSR count). The molecule has 1 aromatic heterocycles. The van der Waals surface area contributed by atoms with E-state index in [0.717, 1.165) is 23.4 Å². The summed E-state index contributed by atoms with van der Waals surface area (Å²) >= 11 is 5.11. The van der Waals surface area contributed by atoms with Crippen molar-refractivity contribution in [3.8, 4) is 17.1 Å². The van der Waals surface area contributed by atoms with Crippen LogP contribution >= 0.6 is 12.2 Å². The van der Waals surface area contributed by atoms with Gasteiger partial charge in [0.05, 0.1) is 13.2 Å². The van der Waals surface area contributed by atoms with Crippen LogP contribution in [0.3, 0.4) is 0 Å². The van der Waals surface area contributed by atoms with Crippen molar-refractivity contribution >= 4 is 23.0 Å². The molecule has 9 heteroatoms. The van der Waals surface area contributed by atoms with E-state index in [-0.39, 0.29) is 11.7 Å². The lowest BCUT2D eigenvalue weighted by atomic mass is 10.2. The molecule has 0 unspecified atom stereocenters. The van der Waals surface area contributed by atoms with Crippen molar-refractivity contribution in [1.29, 1.82) is 0 Å². The van der Waals surface area contributed by atoms with Crippen LogP contribution in [-0.2, 0) is 6.54 Å².